The summed E-state index contributed by atoms with van der Waals surface area (Å²) in [5.41, 5.74) is 2.24. The zero-order chi connectivity index (χ0) is 16.3. The fraction of sp³-hybridized carbons (Fsp3) is 0.529. The number of carbonyl (C=O) groups excluding carboxylic acids is 2. The number of allylic oxidation sites excluding steroid dienone is 2. The maximum absolute atomic E-state index is 11.7. The monoisotopic (exact) mass is 306 g/mol. The Hall–Kier alpha value is -1.88. The highest BCUT2D eigenvalue weighted by Gasteiger charge is 2.42. The smallest absolute Gasteiger partial charge is 0.334 e. The summed E-state index contributed by atoms with van der Waals surface area (Å²) >= 11 is 0. The van der Waals surface area contributed by atoms with Crippen molar-refractivity contribution in [3.8, 4) is 0 Å². The van der Waals surface area contributed by atoms with Crippen molar-refractivity contribution in [1.82, 2.24) is 0 Å². The molecule has 0 unspecified atom stereocenters. The van der Waals surface area contributed by atoms with Gasteiger partial charge in [-0.05, 0) is 37.8 Å². The highest BCUT2D eigenvalue weighted by molar-refractivity contribution is 5.91. The summed E-state index contributed by atoms with van der Waals surface area (Å²) in [6.07, 6.45) is 4.57. The summed E-state index contributed by atoms with van der Waals surface area (Å²) in [7, 11) is 0. The molecule has 0 aromatic carbocycles. The molecule has 0 aromatic rings. The Morgan fingerprint density at radius 1 is 1.55 bits per heavy atom. The van der Waals surface area contributed by atoms with Crippen molar-refractivity contribution in [1.29, 1.82) is 0 Å². The zero-order valence-corrected chi connectivity index (χ0v) is 13.0. The Morgan fingerprint density at radius 3 is 2.95 bits per heavy atom. The van der Waals surface area contributed by atoms with Gasteiger partial charge < -0.3 is 14.6 Å². The number of hydrogen-bond donors (Lipinski definition) is 1. The van der Waals surface area contributed by atoms with Gasteiger partial charge in [-0.2, -0.15) is 0 Å². The molecule has 5 nitrogen and oxygen atoms in total. The molecule has 0 spiro atoms. The van der Waals surface area contributed by atoms with Crippen molar-refractivity contribution in [3.63, 3.8) is 0 Å². The Labute approximate surface area is 130 Å². The molecule has 0 radical (unpaired) electrons. The lowest BCUT2D eigenvalue weighted by Gasteiger charge is -2.23. The summed E-state index contributed by atoms with van der Waals surface area (Å²) in [4.78, 5) is 22.7. The van der Waals surface area contributed by atoms with Crippen LogP contribution in [-0.4, -0.2) is 35.9 Å². The Kier molecular flexibility index (Phi) is 5.19. The quantitative estimate of drug-likeness (QED) is 0.480. The van der Waals surface area contributed by atoms with Crippen LogP contribution in [0.5, 0.6) is 0 Å². The van der Waals surface area contributed by atoms with Gasteiger partial charge in [0.2, 0.25) is 0 Å². The third-order valence-electron chi connectivity index (χ3n) is 4.03. The number of aliphatic hydroxyl groups is 1. The molecule has 0 bridgehead atoms. The molecule has 1 fully saturated rings. The number of rotatable bonds is 2. The van der Waals surface area contributed by atoms with E-state index in [0.29, 0.717) is 12.0 Å². The van der Waals surface area contributed by atoms with Crippen LogP contribution in [0.1, 0.15) is 33.1 Å². The van der Waals surface area contributed by atoms with Crippen LogP contribution >= 0.6 is 0 Å². The van der Waals surface area contributed by atoms with Crippen molar-refractivity contribution >= 4 is 11.9 Å². The minimum atomic E-state index is -0.798. The molecule has 5 heteroatoms. The van der Waals surface area contributed by atoms with Gasteiger partial charge in [-0.1, -0.05) is 18.2 Å². The minimum absolute atomic E-state index is 0.161. The van der Waals surface area contributed by atoms with E-state index in [1.54, 1.807) is 0 Å². The first-order valence-electron chi connectivity index (χ1n) is 7.45. The maximum atomic E-state index is 11.7. The molecule has 1 N–H and O–H groups in total. The van der Waals surface area contributed by atoms with Gasteiger partial charge in [0.1, 0.15) is 12.7 Å². The zero-order valence-electron chi connectivity index (χ0n) is 13.0. The van der Waals surface area contributed by atoms with Crippen LogP contribution in [-0.2, 0) is 19.1 Å². The van der Waals surface area contributed by atoms with Gasteiger partial charge in [-0.3, -0.25) is 4.79 Å². The van der Waals surface area contributed by atoms with Crippen molar-refractivity contribution in [2.45, 2.75) is 45.3 Å². The molecule has 0 saturated carbocycles. The topological polar surface area (TPSA) is 72.8 Å². The average molecular weight is 306 g/mol. The molecule has 1 saturated heterocycles. The van der Waals surface area contributed by atoms with Crippen LogP contribution in [0, 0.1) is 5.92 Å². The normalized spacial score (nSPS) is 33.9. The molecule has 3 atom stereocenters. The lowest BCUT2D eigenvalue weighted by molar-refractivity contribution is -0.140. The first kappa shape index (κ1) is 16.5. The molecule has 2 aliphatic rings. The summed E-state index contributed by atoms with van der Waals surface area (Å²) in [5, 5.41) is 10.5. The van der Waals surface area contributed by atoms with E-state index in [4.69, 9.17) is 9.47 Å². The summed E-state index contributed by atoms with van der Waals surface area (Å²) in [6.45, 7) is 7.24. The predicted molar refractivity (Wildman–Crippen MR) is 80.8 cm³/mol. The summed E-state index contributed by atoms with van der Waals surface area (Å²) in [6, 6.07) is 0. The van der Waals surface area contributed by atoms with Crippen LogP contribution in [0.4, 0.5) is 0 Å². The molecule has 1 aliphatic heterocycles. The van der Waals surface area contributed by atoms with E-state index in [9.17, 15) is 14.7 Å². The van der Waals surface area contributed by atoms with Crippen LogP contribution < -0.4 is 0 Å². The van der Waals surface area contributed by atoms with Gasteiger partial charge in [-0.15, -0.1) is 0 Å². The predicted octanol–water partition coefficient (Wildman–Crippen LogP) is 2.06. The molecule has 0 aromatic heterocycles. The van der Waals surface area contributed by atoms with E-state index in [-0.39, 0.29) is 12.6 Å². The Balaban J connectivity index is 2.22. The SMILES string of the molecule is C=C1C(=O)O[C@H]2/C=C(\C)CC/C=C(\COC(C)=O)C[C@@H](O)[C@@H]12. The standard InChI is InChI=1S/C17H22O5/c1-10-5-4-6-13(9-21-12(3)18)8-14(19)16-11(2)17(20)22-15(16)7-10/h6-7,14-16,19H,2,4-5,8-9H2,1,3H3/b10-7+,13-6-/t14-,15+,16-/m1/s1. The maximum Gasteiger partial charge on any atom is 0.334 e. The van der Waals surface area contributed by atoms with Crippen LogP contribution in [0.25, 0.3) is 0 Å². The number of esters is 2. The first-order valence-corrected chi connectivity index (χ1v) is 7.45. The van der Waals surface area contributed by atoms with Crippen LogP contribution in [0.3, 0.4) is 0 Å². The van der Waals surface area contributed by atoms with E-state index in [2.05, 4.69) is 6.58 Å². The second-order valence-corrected chi connectivity index (χ2v) is 5.89. The van der Waals surface area contributed by atoms with Crippen molar-refractivity contribution in [3.05, 3.63) is 35.5 Å². The second kappa shape index (κ2) is 6.92. The second-order valence-electron chi connectivity index (χ2n) is 5.89. The van der Waals surface area contributed by atoms with Gasteiger partial charge in [-0.25, -0.2) is 4.79 Å². The van der Waals surface area contributed by atoms with Gasteiger partial charge in [0.05, 0.1) is 12.0 Å². The molecule has 2 rings (SSSR count). The number of aliphatic hydroxyl groups excluding tert-OH is 1. The largest absolute Gasteiger partial charge is 0.461 e. The third kappa shape index (κ3) is 3.85. The summed E-state index contributed by atoms with van der Waals surface area (Å²) < 4.78 is 10.3. The molecular formula is C17H22O5. The number of hydrogen-bond acceptors (Lipinski definition) is 5. The number of ether oxygens (including phenoxy) is 2. The third-order valence-corrected chi connectivity index (χ3v) is 4.03. The fourth-order valence-corrected chi connectivity index (χ4v) is 2.85. The molecule has 22 heavy (non-hydrogen) atoms. The summed E-state index contributed by atoms with van der Waals surface area (Å²) in [5.74, 6) is -1.27. The lowest BCUT2D eigenvalue weighted by atomic mass is 9.85. The highest BCUT2D eigenvalue weighted by Crippen LogP contribution is 2.34. The van der Waals surface area contributed by atoms with Crippen molar-refractivity contribution < 1.29 is 24.2 Å². The molecule has 0 amide bonds. The van der Waals surface area contributed by atoms with Gasteiger partial charge in [0, 0.05) is 12.5 Å². The van der Waals surface area contributed by atoms with E-state index < -0.39 is 24.1 Å². The van der Waals surface area contributed by atoms with Crippen LogP contribution in [0.15, 0.2) is 35.5 Å². The highest BCUT2D eigenvalue weighted by atomic mass is 16.6. The fourth-order valence-electron chi connectivity index (χ4n) is 2.85. The molecule has 1 aliphatic carbocycles. The number of carbonyl (C=O) groups is 2. The molecule has 1 heterocycles. The first-order chi connectivity index (χ1) is 10.4. The lowest BCUT2D eigenvalue weighted by Crippen LogP contribution is -2.29. The number of fused-ring (bicyclic) bond motifs is 1. The van der Waals surface area contributed by atoms with Crippen LogP contribution in [0.2, 0.25) is 0 Å². The van der Waals surface area contributed by atoms with Gasteiger partial charge in [0.25, 0.3) is 0 Å². The molecular weight excluding hydrogens is 284 g/mol. The van der Waals surface area contributed by atoms with Gasteiger partial charge in [0.15, 0.2) is 0 Å². The van der Waals surface area contributed by atoms with E-state index >= 15 is 0 Å². The van der Waals surface area contributed by atoms with E-state index in [1.165, 1.54) is 6.92 Å². The van der Waals surface area contributed by atoms with Crippen molar-refractivity contribution in [2.75, 3.05) is 6.61 Å². The average Bonchev–Trinajstić information content (AvgIpc) is 2.70. The molecule has 120 valence electrons. The van der Waals surface area contributed by atoms with E-state index in [0.717, 1.165) is 24.0 Å². The Morgan fingerprint density at radius 2 is 2.27 bits per heavy atom. The van der Waals surface area contributed by atoms with E-state index in [1.807, 2.05) is 19.1 Å². The minimum Gasteiger partial charge on any atom is -0.461 e. The Bertz CT molecular complexity index is 543. The van der Waals surface area contributed by atoms with Crippen molar-refractivity contribution in [2.24, 2.45) is 5.92 Å². The van der Waals surface area contributed by atoms with Gasteiger partial charge >= 0.3 is 11.9 Å².